The van der Waals surface area contributed by atoms with Crippen molar-refractivity contribution in [3.05, 3.63) is 40.4 Å². The molecule has 0 bridgehead atoms. The van der Waals surface area contributed by atoms with Crippen molar-refractivity contribution >= 4 is 29.0 Å². The lowest BCUT2D eigenvalue weighted by atomic mass is 9.78. The number of hydrogen-bond acceptors (Lipinski definition) is 5. The second-order valence-corrected chi connectivity index (χ2v) is 6.94. The predicted molar refractivity (Wildman–Crippen MR) is 92.9 cm³/mol. The zero-order valence-corrected chi connectivity index (χ0v) is 14.5. The number of nitro groups is 1. The van der Waals surface area contributed by atoms with Crippen LogP contribution in [0, 0.1) is 10.1 Å². The van der Waals surface area contributed by atoms with Crippen LogP contribution in [-0.4, -0.2) is 30.4 Å². The van der Waals surface area contributed by atoms with Crippen molar-refractivity contribution in [3.8, 4) is 5.75 Å². The Balaban J connectivity index is 2.07. The zero-order chi connectivity index (χ0) is 17.7. The van der Waals surface area contributed by atoms with E-state index in [2.05, 4.69) is 0 Å². The standard InChI is InChI=1S/C17H20BNO5/c1-16(2)17(3,4)24-18(23-16)12-7-8-13-11(10-12)6-9-14(22-5)15(13)19(20)21/h6-10H,1-5H3. The molecule has 6 nitrogen and oxygen atoms in total. The molecule has 2 aromatic rings. The second kappa shape index (κ2) is 5.46. The van der Waals surface area contributed by atoms with Gasteiger partial charge in [0.1, 0.15) is 0 Å². The van der Waals surface area contributed by atoms with Gasteiger partial charge < -0.3 is 14.0 Å². The van der Waals surface area contributed by atoms with E-state index in [1.54, 1.807) is 24.3 Å². The number of nitrogens with zero attached hydrogens (tertiary/aromatic N) is 1. The van der Waals surface area contributed by atoms with Crippen LogP contribution in [0.2, 0.25) is 0 Å². The van der Waals surface area contributed by atoms with Crippen molar-refractivity contribution < 1.29 is 19.0 Å². The topological polar surface area (TPSA) is 70.8 Å². The average molecular weight is 329 g/mol. The van der Waals surface area contributed by atoms with E-state index in [9.17, 15) is 10.1 Å². The molecule has 2 aromatic carbocycles. The molecule has 0 atom stereocenters. The van der Waals surface area contributed by atoms with Crippen molar-refractivity contribution in [1.29, 1.82) is 0 Å². The Kier molecular flexibility index (Phi) is 3.81. The molecule has 1 fully saturated rings. The largest absolute Gasteiger partial charge is 0.494 e. The minimum atomic E-state index is -0.499. The van der Waals surface area contributed by atoms with Gasteiger partial charge in [-0.1, -0.05) is 18.2 Å². The molecule has 1 aliphatic rings. The zero-order valence-electron chi connectivity index (χ0n) is 14.5. The van der Waals surface area contributed by atoms with Gasteiger partial charge in [0.05, 0.1) is 28.6 Å². The van der Waals surface area contributed by atoms with Crippen molar-refractivity contribution in [1.82, 2.24) is 0 Å². The monoisotopic (exact) mass is 329 g/mol. The maximum absolute atomic E-state index is 11.4. The maximum atomic E-state index is 11.4. The summed E-state index contributed by atoms with van der Waals surface area (Å²) in [6.07, 6.45) is 0. The lowest BCUT2D eigenvalue weighted by Gasteiger charge is -2.32. The molecule has 126 valence electrons. The summed E-state index contributed by atoms with van der Waals surface area (Å²) < 4.78 is 17.2. The smallest absolute Gasteiger partial charge is 0.490 e. The average Bonchev–Trinajstić information content (AvgIpc) is 2.73. The lowest BCUT2D eigenvalue weighted by Crippen LogP contribution is -2.41. The molecule has 1 saturated heterocycles. The molecule has 1 heterocycles. The molecule has 0 radical (unpaired) electrons. The quantitative estimate of drug-likeness (QED) is 0.492. The summed E-state index contributed by atoms with van der Waals surface area (Å²) in [4.78, 5) is 11.0. The highest BCUT2D eigenvalue weighted by Crippen LogP contribution is 2.38. The first kappa shape index (κ1) is 16.7. The number of benzene rings is 2. The molecule has 1 aliphatic heterocycles. The summed E-state index contributed by atoms with van der Waals surface area (Å²) >= 11 is 0. The van der Waals surface area contributed by atoms with Gasteiger partial charge in [0.15, 0.2) is 5.75 Å². The van der Waals surface area contributed by atoms with Crippen LogP contribution in [0.4, 0.5) is 5.69 Å². The van der Waals surface area contributed by atoms with E-state index in [1.807, 2.05) is 33.8 Å². The SMILES string of the molecule is COc1ccc2cc(B3OC(C)(C)C(C)(C)O3)ccc2c1[N+](=O)[O-]. The van der Waals surface area contributed by atoms with Crippen molar-refractivity contribution in [2.45, 2.75) is 38.9 Å². The van der Waals surface area contributed by atoms with Crippen LogP contribution in [0.25, 0.3) is 10.8 Å². The van der Waals surface area contributed by atoms with Crippen LogP contribution in [0.15, 0.2) is 30.3 Å². The fourth-order valence-electron chi connectivity index (χ4n) is 2.79. The summed E-state index contributed by atoms with van der Waals surface area (Å²) in [6.45, 7) is 7.96. The summed E-state index contributed by atoms with van der Waals surface area (Å²) in [6, 6.07) is 8.79. The van der Waals surface area contributed by atoms with Gasteiger partial charge in [0, 0.05) is 0 Å². The summed E-state index contributed by atoms with van der Waals surface area (Å²) in [5, 5.41) is 12.7. The number of ether oxygens (including phenoxy) is 1. The Morgan fingerprint density at radius 2 is 1.71 bits per heavy atom. The normalized spacial score (nSPS) is 18.8. The van der Waals surface area contributed by atoms with Gasteiger partial charge >= 0.3 is 12.8 Å². The van der Waals surface area contributed by atoms with Crippen LogP contribution in [0.5, 0.6) is 5.75 Å². The summed E-state index contributed by atoms with van der Waals surface area (Å²) in [5.41, 5.74) is -0.0621. The number of nitro benzene ring substituents is 1. The molecule has 0 unspecified atom stereocenters. The van der Waals surface area contributed by atoms with Gasteiger partial charge in [-0.25, -0.2) is 0 Å². The van der Waals surface area contributed by atoms with Gasteiger partial charge in [-0.3, -0.25) is 10.1 Å². The van der Waals surface area contributed by atoms with Crippen molar-refractivity contribution in [2.75, 3.05) is 7.11 Å². The second-order valence-electron chi connectivity index (χ2n) is 6.94. The molecule has 0 aliphatic carbocycles. The maximum Gasteiger partial charge on any atom is 0.494 e. The highest BCUT2D eigenvalue weighted by atomic mass is 16.7. The molecule has 0 aromatic heterocycles. The molecule has 0 saturated carbocycles. The molecule has 0 amide bonds. The van der Waals surface area contributed by atoms with Gasteiger partial charge in [0.2, 0.25) is 0 Å². The van der Waals surface area contributed by atoms with E-state index < -0.39 is 23.2 Å². The summed E-state index contributed by atoms with van der Waals surface area (Å²) in [7, 11) is 0.924. The molecule has 7 heteroatoms. The van der Waals surface area contributed by atoms with E-state index in [1.165, 1.54) is 7.11 Å². The Bertz CT molecular complexity index is 802. The molecular formula is C17H20BNO5. The van der Waals surface area contributed by atoms with Gasteiger partial charge in [-0.05, 0) is 50.7 Å². The first-order valence-corrected chi connectivity index (χ1v) is 7.77. The van der Waals surface area contributed by atoms with E-state index in [0.717, 1.165) is 10.8 Å². The molecule has 3 rings (SSSR count). The lowest BCUT2D eigenvalue weighted by molar-refractivity contribution is -0.383. The number of fused-ring (bicyclic) bond motifs is 1. The molecule has 24 heavy (non-hydrogen) atoms. The minimum absolute atomic E-state index is 0.0320. The van der Waals surface area contributed by atoms with E-state index >= 15 is 0 Å². The summed E-state index contributed by atoms with van der Waals surface area (Å²) in [5.74, 6) is 0.246. The van der Waals surface area contributed by atoms with E-state index in [0.29, 0.717) is 5.39 Å². The minimum Gasteiger partial charge on any atom is -0.490 e. The predicted octanol–water partition coefficient (Wildman–Crippen LogP) is 3.06. The van der Waals surface area contributed by atoms with Crippen LogP contribution in [0.1, 0.15) is 27.7 Å². The first-order valence-electron chi connectivity index (χ1n) is 7.77. The fraction of sp³-hybridized carbons (Fsp3) is 0.412. The third kappa shape index (κ3) is 2.54. The molecule has 0 spiro atoms. The van der Waals surface area contributed by atoms with Crippen LogP contribution in [-0.2, 0) is 9.31 Å². The fourth-order valence-corrected chi connectivity index (χ4v) is 2.79. The van der Waals surface area contributed by atoms with Crippen LogP contribution in [0.3, 0.4) is 0 Å². The first-order chi connectivity index (χ1) is 11.2. The van der Waals surface area contributed by atoms with Gasteiger partial charge in [-0.2, -0.15) is 0 Å². The van der Waals surface area contributed by atoms with Crippen LogP contribution < -0.4 is 10.2 Å². The van der Waals surface area contributed by atoms with Gasteiger partial charge in [-0.15, -0.1) is 0 Å². The highest BCUT2D eigenvalue weighted by molar-refractivity contribution is 6.62. The Hall–Kier alpha value is -2.12. The van der Waals surface area contributed by atoms with Crippen molar-refractivity contribution in [2.24, 2.45) is 0 Å². The number of hydrogen-bond donors (Lipinski definition) is 0. The Labute approximate surface area is 141 Å². The third-order valence-corrected chi connectivity index (χ3v) is 4.91. The van der Waals surface area contributed by atoms with Gasteiger partial charge in [0.25, 0.3) is 0 Å². The van der Waals surface area contributed by atoms with Crippen LogP contribution >= 0.6 is 0 Å². The van der Waals surface area contributed by atoms with Crippen molar-refractivity contribution in [3.63, 3.8) is 0 Å². The van der Waals surface area contributed by atoms with E-state index in [-0.39, 0.29) is 11.4 Å². The molecular weight excluding hydrogens is 309 g/mol. The number of methoxy groups -OCH3 is 1. The Morgan fingerprint density at radius 1 is 1.08 bits per heavy atom. The highest BCUT2D eigenvalue weighted by Gasteiger charge is 2.51. The Morgan fingerprint density at radius 3 is 2.25 bits per heavy atom. The third-order valence-electron chi connectivity index (χ3n) is 4.91. The van der Waals surface area contributed by atoms with E-state index in [4.69, 9.17) is 14.0 Å². The number of rotatable bonds is 3. The molecule has 0 N–H and O–H groups in total.